The van der Waals surface area contributed by atoms with Gasteiger partial charge < -0.3 is 19.4 Å². The molecule has 0 saturated heterocycles. The number of carbonyl (C=O) groups excluding carboxylic acids is 1. The van der Waals surface area contributed by atoms with Gasteiger partial charge in [-0.05, 0) is 42.5 Å². The Kier molecular flexibility index (Phi) is 6.05. The number of benzene rings is 2. The van der Waals surface area contributed by atoms with Crippen LogP contribution in [0.4, 0.5) is 5.69 Å². The van der Waals surface area contributed by atoms with Gasteiger partial charge in [-0.15, -0.1) is 10.2 Å². The maximum Gasteiger partial charge on any atom is 0.234 e. The maximum atomic E-state index is 12.2. The smallest absolute Gasteiger partial charge is 0.234 e. The Morgan fingerprint density at radius 3 is 2.69 bits per heavy atom. The fourth-order valence-electron chi connectivity index (χ4n) is 2.85. The lowest BCUT2D eigenvalue weighted by atomic mass is 10.2. The normalized spacial score (nSPS) is 13.0. The first-order valence-corrected chi connectivity index (χ1v) is 10.9. The molecule has 0 unspecified atom stereocenters. The zero-order valence-corrected chi connectivity index (χ0v) is 18.1. The molecule has 4 rings (SSSR count). The minimum atomic E-state index is -0.0996. The summed E-state index contributed by atoms with van der Waals surface area (Å²) in [4.78, 5) is 12.2. The molecule has 1 amide bonds. The summed E-state index contributed by atoms with van der Waals surface area (Å²) in [5.41, 5.74) is 1.64. The molecular formula is C20H19BrN4O3S. The molecule has 0 saturated carbocycles. The van der Waals surface area contributed by atoms with Gasteiger partial charge in [-0.3, -0.25) is 4.79 Å². The van der Waals surface area contributed by atoms with E-state index in [4.69, 9.17) is 9.47 Å². The number of nitrogens with zero attached hydrogens (tertiary/aromatic N) is 3. The third-order valence-corrected chi connectivity index (χ3v) is 5.85. The van der Waals surface area contributed by atoms with Gasteiger partial charge in [0.15, 0.2) is 22.5 Å². The van der Waals surface area contributed by atoms with Crippen molar-refractivity contribution in [2.75, 3.05) is 24.3 Å². The molecule has 7 nitrogen and oxygen atoms in total. The number of fused-ring (bicyclic) bond motifs is 1. The van der Waals surface area contributed by atoms with Crippen LogP contribution in [0.2, 0.25) is 0 Å². The van der Waals surface area contributed by atoms with Gasteiger partial charge in [0, 0.05) is 29.2 Å². The Labute approximate surface area is 180 Å². The molecule has 0 fully saturated rings. The molecule has 0 spiro atoms. The molecular weight excluding hydrogens is 456 g/mol. The molecule has 2 heterocycles. The molecule has 3 aromatic rings. The van der Waals surface area contributed by atoms with Crippen LogP contribution in [0.25, 0.3) is 11.4 Å². The molecule has 150 valence electrons. The van der Waals surface area contributed by atoms with Crippen LogP contribution in [0.15, 0.2) is 52.1 Å². The van der Waals surface area contributed by atoms with Crippen LogP contribution in [0.3, 0.4) is 0 Å². The highest BCUT2D eigenvalue weighted by atomic mass is 79.9. The summed E-state index contributed by atoms with van der Waals surface area (Å²) in [5.74, 6) is 2.30. The predicted molar refractivity (Wildman–Crippen MR) is 116 cm³/mol. The first-order chi connectivity index (χ1) is 14.1. The van der Waals surface area contributed by atoms with Crippen molar-refractivity contribution < 1.29 is 14.3 Å². The zero-order valence-electron chi connectivity index (χ0n) is 15.7. The van der Waals surface area contributed by atoms with E-state index in [2.05, 4.69) is 31.4 Å². The van der Waals surface area contributed by atoms with E-state index in [-0.39, 0.29) is 11.7 Å². The Morgan fingerprint density at radius 2 is 1.90 bits per heavy atom. The first-order valence-electron chi connectivity index (χ1n) is 9.08. The Bertz CT molecular complexity index is 1020. The summed E-state index contributed by atoms with van der Waals surface area (Å²) in [6.07, 6.45) is 0.858. The third kappa shape index (κ3) is 4.73. The van der Waals surface area contributed by atoms with E-state index in [1.54, 1.807) is 0 Å². The molecule has 0 atom stereocenters. The van der Waals surface area contributed by atoms with Crippen molar-refractivity contribution in [2.45, 2.75) is 11.6 Å². The number of thioether (sulfide) groups is 1. The van der Waals surface area contributed by atoms with E-state index in [0.29, 0.717) is 29.9 Å². The van der Waals surface area contributed by atoms with E-state index in [0.717, 1.165) is 27.9 Å². The molecule has 1 aliphatic rings. The lowest BCUT2D eigenvalue weighted by Gasteiger charge is -2.09. The number of hydrogen-bond donors (Lipinski definition) is 1. The molecule has 29 heavy (non-hydrogen) atoms. The number of ether oxygens (including phenoxy) is 2. The molecule has 1 aromatic heterocycles. The van der Waals surface area contributed by atoms with E-state index in [1.165, 1.54) is 11.8 Å². The van der Waals surface area contributed by atoms with Gasteiger partial charge in [0.05, 0.1) is 19.0 Å². The standard InChI is InChI=1S/C20H19BrN4O3S/c1-25-19(13-3-8-16-17(11-13)28-10-2-9-27-16)23-24-20(25)29-12-18(26)22-15-6-4-14(21)5-7-15/h3-8,11H,2,9-10,12H2,1H3,(H,22,26). The Hall–Kier alpha value is -2.52. The lowest BCUT2D eigenvalue weighted by Crippen LogP contribution is -2.14. The molecule has 1 N–H and O–H groups in total. The van der Waals surface area contributed by atoms with E-state index in [1.807, 2.05) is 54.1 Å². The Morgan fingerprint density at radius 1 is 1.14 bits per heavy atom. The van der Waals surface area contributed by atoms with Gasteiger partial charge in [0.2, 0.25) is 5.91 Å². The average Bonchev–Trinajstić information content (AvgIpc) is 2.93. The van der Waals surface area contributed by atoms with Gasteiger partial charge in [-0.2, -0.15) is 0 Å². The molecule has 0 aliphatic carbocycles. The highest BCUT2D eigenvalue weighted by molar-refractivity contribution is 9.10. The topological polar surface area (TPSA) is 78.3 Å². The minimum absolute atomic E-state index is 0.0996. The molecule has 2 aromatic carbocycles. The van der Waals surface area contributed by atoms with Crippen LogP contribution in [0.5, 0.6) is 11.5 Å². The third-order valence-electron chi connectivity index (χ3n) is 4.30. The second-order valence-electron chi connectivity index (χ2n) is 6.42. The van der Waals surface area contributed by atoms with E-state index in [9.17, 15) is 4.79 Å². The van der Waals surface area contributed by atoms with Gasteiger partial charge in [-0.1, -0.05) is 27.7 Å². The van der Waals surface area contributed by atoms with Crippen LogP contribution in [0.1, 0.15) is 6.42 Å². The number of aromatic nitrogens is 3. The van der Waals surface area contributed by atoms with Crippen molar-refractivity contribution in [3.63, 3.8) is 0 Å². The number of nitrogens with one attached hydrogen (secondary N) is 1. The lowest BCUT2D eigenvalue weighted by molar-refractivity contribution is -0.113. The number of carbonyl (C=O) groups is 1. The second kappa shape index (κ2) is 8.87. The van der Waals surface area contributed by atoms with Crippen LogP contribution in [-0.4, -0.2) is 39.6 Å². The van der Waals surface area contributed by atoms with Crippen LogP contribution in [0, 0.1) is 0 Å². The first kappa shape index (κ1) is 19.8. The van der Waals surface area contributed by atoms with Crippen molar-refractivity contribution in [3.8, 4) is 22.9 Å². The molecule has 0 radical (unpaired) electrons. The van der Waals surface area contributed by atoms with Gasteiger partial charge in [-0.25, -0.2) is 0 Å². The summed E-state index contributed by atoms with van der Waals surface area (Å²) in [7, 11) is 1.88. The number of rotatable bonds is 5. The van der Waals surface area contributed by atoms with Crippen molar-refractivity contribution in [1.82, 2.24) is 14.8 Å². The predicted octanol–water partition coefficient (Wildman–Crippen LogP) is 4.14. The number of anilines is 1. The summed E-state index contributed by atoms with van der Waals surface area (Å²) in [6.45, 7) is 1.28. The van der Waals surface area contributed by atoms with Gasteiger partial charge in [0.25, 0.3) is 0 Å². The van der Waals surface area contributed by atoms with Crippen molar-refractivity contribution >= 4 is 39.3 Å². The van der Waals surface area contributed by atoms with Gasteiger partial charge >= 0.3 is 0 Å². The molecule has 1 aliphatic heterocycles. The maximum absolute atomic E-state index is 12.2. The molecule has 0 bridgehead atoms. The minimum Gasteiger partial charge on any atom is -0.490 e. The largest absolute Gasteiger partial charge is 0.490 e. The van der Waals surface area contributed by atoms with Crippen molar-refractivity contribution in [1.29, 1.82) is 0 Å². The van der Waals surface area contributed by atoms with Crippen LogP contribution >= 0.6 is 27.7 Å². The van der Waals surface area contributed by atoms with E-state index < -0.39 is 0 Å². The summed E-state index contributed by atoms with van der Waals surface area (Å²) < 4.78 is 14.3. The number of amides is 1. The number of hydrogen-bond acceptors (Lipinski definition) is 6. The van der Waals surface area contributed by atoms with Crippen molar-refractivity contribution in [3.05, 3.63) is 46.9 Å². The summed E-state index contributed by atoms with van der Waals surface area (Å²) in [6, 6.07) is 13.2. The SMILES string of the molecule is Cn1c(SCC(=O)Nc2ccc(Br)cc2)nnc1-c1ccc2c(c1)OCCCO2. The van der Waals surface area contributed by atoms with Crippen LogP contribution in [-0.2, 0) is 11.8 Å². The second-order valence-corrected chi connectivity index (χ2v) is 8.28. The molecule has 9 heteroatoms. The highest BCUT2D eigenvalue weighted by Crippen LogP contribution is 2.34. The van der Waals surface area contributed by atoms with Gasteiger partial charge in [0.1, 0.15) is 0 Å². The fourth-order valence-corrected chi connectivity index (χ4v) is 3.83. The van der Waals surface area contributed by atoms with E-state index >= 15 is 0 Å². The number of halogens is 1. The average molecular weight is 475 g/mol. The monoisotopic (exact) mass is 474 g/mol. The summed E-state index contributed by atoms with van der Waals surface area (Å²) in [5, 5.41) is 12.1. The fraction of sp³-hybridized carbons (Fsp3) is 0.250. The summed E-state index contributed by atoms with van der Waals surface area (Å²) >= 11 is 4.71. The quantitative estimate of drug-likeness (QED) is 0.559. The zero-order chi connectivity index (χ0) is 20.2. The van der Waals surface area contributed by atoms with Crippen LogP contribution < -0.4 is 14.8 Å². The Balaban J connectivity index is 1.42. The van der Waals surface area contributed by atoms with Crippen molar-refractivity contribution in [2.24, 2.45) is 7.05 Å². The highest BCUT2D eigenvalue weighted by Gasteiger charge is 2.16.